The number of aromatic nitrogens is 5. The third kappa shape index (κ3) is 0.807. The number of tetrazole rings is 1. The maximum Gasteiger partial charge on any atom is 0.180 e. The molecule has 3 aromatic rings. The van der Waals surface area contributed by atoms with E-state index in [4.69, 9.17) is 0 Å². The van der Waals surface area contributed by atoms with Gasteiger partial charge in [-0.2, -0.15) is 4.52 Å². The second-order valence-electron chi connectivity index (χ2n) is 2.72. The zero-order valence-electron chi connectivity index (χ0n) is 6.62. The molecule has 62 valence electrons. The Hall–Kier alpha value is -2.04. The molecule has 0 aliphatic rings. The van der Waals surface area contributed by atoms with E-state index in [1.807, 2.05) is 18.2 Å². The summed E-state index contributed by atoms with van der Waals surface area (Å²) in [5.74, 6) is 0. The van der Waals surface area contributed by atoms with Crippen LogP contribution in [0.3, 0.4) is 0 Å². The normalized spacial score (nSPS) is 11.1. The van der Waals surface area contributed by atoms with Gasteiger partial charge in [-0.25, -0.2) is 0 Å². The molecule has 5 nitrogen and oxygen atoms in total. The molecule has 0 aliphatic carbocycles. The molecule has 3 aromatic heterocycles. The minimum absolute atomic E-state index is 0.737. The van der Waals surface area contributed by atoms with Gasteiger partial charge in [0.15, 0.2) is 5.65 Å². The van der Waals surface area contributed by atoms with Crippen molar-refractivity contribution < 1.29 is 0 Å². The maximum absolute atomic E-state index is 4.03. The van der Waals surface area contributed by atoms with Crippen molar-refractivity contribution in [2.45, 2.75) is 0 Å². The molecule has 13 heavy (non-hydrogen) atoms. The van der Waals surface area contributed by atoms with E-state index in [0.717, 1.165) is 16.6 Å². The predicted octanol–water partition coefficient (Wildman–Crippen LogP) is 0.672. The van der Waals surface area contributed by atoms with Crippen molar-refractivity contribution in [3.05, 3.63) is 30.6 Å². The molecule has 0 aliphatic heterocycles. The van der Waals surface area contributed by atoms with Gasteiger partial charge >= 0.3 is 0 Å². The lowest BCUT2D eigenvalue weighted by molar-refractivity contribution is 0.840. The van der Waals surface area contributed by atoms with Crippen molar-refractivity contribution in [1.82, 2.24) is 25.0 Å². The van der Waals surface area contributed by atoms with Gasteiger partial charge < -0.3 is 0 Å². The molecule has 3 heterocycles. The Bertz CT molecular complexity index is 571. The molecule has 0 saturated heterocycles. The van der Waals surface area contributed by atoms with Gasteiger partial charge in [0.2, 0.25) is 0 Å². The highest BCUT2D eigenvalue weighted by Crippen LogP contribution is 2.11. The topological polar surface area (TPSA) is 56.0 Å². The van der Waals surface area contributed by atoms with Crippen LogP contribution in [0.5, 0.6) is 0 Å². The summed E-state index contributed by atoms with van der Waals surface area (Å²) in [5, 5.41) is 12.4. The molecule has 0 atom stereocenters. The summed E-state index contributed by atoms with van der Waals surface area (Å²) in [6, 6.07) is 5.78. The van der Waals surface area contributed by atoms with E-state index < -0.39 is 0 Å². The minimum atomic E-state index is 0.737. The van der Waals surface area contributed by atoms with Crippen LogP contribution in [0.4, 0.5) is 0 Å². The second kappa shape index (κ2) is 2.22. The first-order valence-corrected chi connectivity index (χ1v) is 3.86. The molecule has 0 aromatic carbocycles. The summed E-state index contributed by atoms with van der Waals surface area (Å²) >= 11 is 0. The van der Waals surface area contributed by atoms with Gasteiger partial charge in [0.25, 0.3) is 0 Å². The van der Waals surface area contributed by atoms with E-state index in [-0.39, 0.29) is 0 Å². The fourth-order valence-corrected chi connectivity index (χ4v) is 1.35. The van der Waals surface area contributed by atoms with Crippen molar-refractivity contribution in [3.8, 4) is 0 Å². The van der Waals surface area contributed by atoms with E-state index in [1.165, 1.54) is 0 Å². The first-order chi connectivity index (χ1) is 6.45. The van der Waals surface area contributed by atoms with Crippen LogP contribution in [-0.2, 0) is 0 Å². The molecule has 0 unspecified atom stereocenters. The molecular formula is C8H5N5. The summed E-state index contributed by atoms with van der Waals surface area (Å²) in [6.07, 6.45) is 3.50. The standard InChI is InChI=1S/C8H5N5/c1-2-8-10-11-12-13(8)7-5-9-4-3-6(1)7/h1-5H. The third-order valence-electron chi connectivity index (χ3n) is 1.97. The molecule has 0 bridgehead atoms. The highest BCUT2D eigenvalue weighted by atomic mass is 15.5. The first kappa shape index (κ1) is 6.47. The number of nitrogens with zero attached hydrogens (tertiary/aromatic N) is 5. The average molecular weight is 171 g/mol. The van der Waals surface area contributed by atoms with E-state index in [0.29, 0.717) is 0 Å². The zero-order valence-corrected chi connectivity index (χ0v) is 6.62. The van der Waals surface area contributed by atoms with Crippen molar-refractivity contribution in [1.29, 1.82) is 0 Å². The molecule has 0 fully saturated rings. The van der Waals surface area contributed by atoms with Gasteiger partial charge in [0.05, 0.1) is 11.7 Å². The summed E-state index contributed by atoms with van der Waals surface area (Å²) in [6.45, 7) is 0. The molecule has 0 radical (unpaired) electrons. The van der Waals surface area contributed by atoms with Crippen molar-refractivity contribution >= 4 is 16.6 Å². The maximum atomic E-state index is 4.03. The third-order valence-corrected chi connectivity index (χ3v) is 1.97. The zero-order chi connectivity index (χ0) is 8.67. The predicted molar refractivity (Wildman–Crippen MR) is 46.1 cm³/mol. The molecule has 0 amide bonds. The van der Waals surface area contributed by atoms with Crippen LogP contribution in [0, 0.1) is 0 Å². The van der Waals surface area contributed by atoms with Crippen LogP contribution in [0.1, 0.15) is 0 Å². The fourth-order valence-electron chi connectivity index (χ4n) is 1.35. The Morgan fingerprint density at radius 1 is 1.15 bits per heavy atom. The van der Waals surface area contributed by atoms with Crippen LogP contribution in [0.15, 0.2) is 30.6 Å². The lowest BCUT2D eigenvalue weighted by Gasteiger charge is -1.96. The van der Waals surface area contributed by atoms with Gasteiger partial charge in [-0.15, -0.1) is 5.10 Å². The summed E-state index contributed by atoms with van der Waals surface area (Å²) in [7, 11) is 0. The van der Waals surface area contributed by atoms with Crippen LogP contribution in [-0.4, -0.2) is 25.0 Å². The van der Waals surface area contributed by atoms with Gasteiger partial charge in [-0.05, 0) is 28.6 Å². The van der Waals surface area contributed by atoms with Crippen molar-refractivity contribution in [2.24, 2.45) is 0 Å². The summed E-state index contributed by atoms with van der Waals surface area (Å²) in [4.78, 5) is 4.03. The summed E-state index contributed by atoms with van der Waals surface area (Å²) < 4.78 is 1.67. The Kier molecular flexibility index (Phi) is 1.11. The smallest absolute Gasteiger partial charge is 0.180 e. The lowest BCUT2D eigenvalue weighted by Crippen LogP contribution is -1.90. The number of fused-ring (bicyclic) bond motifs is 3. The molecule has 3 rings (SSSR count). The minimum Gasteiger partial charge on any atom is -0.262 e. The largest absolute Gasteiger partial charge is 0.262 e. The van der Waals surface area contributed by atoms with E-state index >= 15 is 0 Å². The van der Waals surface area contributed by atoms with Crippen LogP contribution in [0.2, 0.25) is 0 Å². The average Bonchev–Trinajstić information content (AvgIpc) is 2.65. The second-order valence-corrected chi connectivity index (χ2v) is 2.72. The number of hydrogen-bond donors (Lipinski definition) is 0. The van der Waals surface area contributed by atoms with Gasteiger partial charge in [-0.1, -0.05) is 0 Å². The quantitative estimate of drug-likeness (QED) is 0.499. The van der Waals surface area contributed by atoms with E-state index in [2.05, 4.69) is 20.5 Å². The highest BCUT2D eigenvalue weighted by Gasteiger charge is 2.00. The van der Waals surface area contributed by atoms with Gasteiger partial charge in [-0.3, -0.25) is 4.98 Å². The number of pyridine rings is 2. The highest BCUT2D eigenvalue weighted by molar-refractivity contribution is 5.80. The van der Waals surface area contributed by atoms with E-state index in [1.54, 1.807) is 16.9 Å². The molecule has 0 saturated carbocycles. The summed E-state index contributed by atoms with van der Waals surface area (Å²) in [5.41, 5.74) is 1.66. The van der Waals surface area contributed by atoms with Gasteiger partial charge in [0.1, 0.15) is 0 Å². The van der Waals surface area contributed by atoms with Crippen LogP contribution < -0.4 is 0 Å². The Morgan fingerprint density at radius 2 is 2.15 bits per heavy atom. The first-order valence-electron chi connectivity index (χ1n) is 3.86. The van der Waals surface area contributed by atoms with Crippen LogP contribution in [0.25, 0.3) is 16.6 Å². The lowest BCUT2D eigenvalue weighted by atomic mass is 10.3. The Morgan fingerprint density at radius 3 is 3.15 bits per heavy atom. The van der Waals surface area contributed by atoms with Gasteiger partial charge in [0, 0.05) is 11.6 Å². The molecule has 0 N–H and O–H groups in total. The number of hydrogen-bond acceptors (Lipinski definition) is 4. The fraction of sp³-hybridized carbons (Fsp3) is 0. The Balaban J connectivity index is 2.65. The molecule has 0 spiro atoms. The van der Waals surface area contributed by atoms with Crippen molar-refractivity contribution in [3.63, 3.8) is 0 Å². The molecular weight excluding hydrogens is 166 g/mol. The van der Waals surface area contributed by atoms with E-state index in [9.17, 15) is 0 Å². The van der Waals surface area contributed by atoms with Crippen LogP contribution >= 0.6 is 0 Å². The SMILES string of the molecule is c1cc2ccc3nnnn3c2cn1. The Labute approximate surface area is 73.0 Å². The molecule has 5 heteroatoms. The number of rotatable bonds is 0. The monoisotopic (exact) mass is 171 g/mol. The van der Waals surface area contributed by atoms with Crippen molar-refractivity contribution in [2.75, 3.05) is 0 Å².